The lowest BCUT2D eigenvalue weighted by Gasteiger charge is -2.26. The first kappa shape index (κ1) is 40.1. The van der Waals surface area contributed by atoms with Gasteiger partial charge in [-0.3, -0.25) is 0 Å². The summed E-state index contributed by atoms with van der Waals surface area (Å²) in [6, 6.07) is 96.0. The fourth-order valence-corrected chi connectivity index (χ4v) is 10.3. The van der Waals surface area contributed by atoms with Crippen molar-refractivity contribution in [3.63, 3.8) is 0 Å². The Labute approximate surface area is 401 Å². The summed E-state index contributed by atoms with van der Waals surface area (Å²) >= 11 is 0. The van der Waals surface area contributed by atoms with Crippen molar-refractivity contribution in [2.45, 2.75) is 0 Å². The van der Waals surface area contributed by atoms with Crippen LogP contribution in [0.4, 0.5) is 17.1 Å². The van der Waals surface area contributed by atoms with Crippen LogP contribution in [0.3, 0.4) is 0 Å². The molecule has 0 aliphatic rings. The molecule has 0 N–H and O–H groups in total. The average molecular weight is 881 g/mol. The van der Waals surface area contributed by atoms with Gasteiger partial charge in [-0.25, -0.2) is 0 Å². The highest BCUT2D eigenvalue weighted by Crippen LogP contribution is 2.41. The molecular formula is C66H44N2O. The predicted molar refractivity (Wildman–Crippen MR) is 290 cm³/mol. The van der Waals surface area contributed by atoms with Crippen LogP contribution in [0.2, 0.25) is 0 Å². The lowest BCUT2D eigenvalue weighted by molar-refractivity contribution is 0.670. The quantitative estimate of drug-likeness (QED) is 0.144. The van der Waals surface area contributed by atoms with E-state index in [1.165, 1.54) is 49.6 Å². The molecule has 13 aromatic rings. The van der Waals surface area contributed by atoms with Gasteiger partial charge in [0.25, 0.3) is 0 Å². The zero-order chi connectivity index (χ0) is 45.7. The minimum absolute atomic E-state index is 0.910. The third kappa shape index (κ3) is 7.16. The van der Waals surface area contributed by atoms with E-state index >= 15 is 0 Å². The molecule has 0 radical (unpaired) electrons. The van der Waals surface area contributed by atoms with Crippen LogP contribution >= 0.6 is 0 Å². The number of benzene rings is 11. The largest absolute Gasteiger partial charge is 0.455 e. The predicted octanol–water partition coefficient (Wildman–Crippen LogP) is 18.5. The second-order valence-electron chi connectivity index (χ2n) is 17.7. The van der Waals surface area contributed by atoms with E-state index in [2.05, 4.69) is 264 Å². The van der Waals surface area contributed by atoms with Crippen molar-refractivity contribution < 1.29 is 4.42 Å². The molecule has 0 atom stereocenters. The average Bonchev–Trinajstić information content (AvgIpc) is 3.98. The fraction of sp³-hybridized carbons (Fsp3) is 0. The summed E-state index contributed by atoms with van der Waals surface area (Å²) in [6.07, 6.45) is 0. The fourth-order valence-electron chi connectivity index (χ4n) is 10.3. The summed E-state index contributed by atoms with van der Waals surface area (Å²) in [7, 11) is 0. The highest BCUT2D eigenvalue weighted by atomic mass is 16.3. The van der Waals surface area contributed by atoms with Crippen molar-refractivity contribution in [2.24, 2.45) is 0 Å². The molecule has 69 heavy (non-hydrogen) atoms. The van der Waals surface area contributed by atoms with Gasteiger partial charge in [0.05, 0.1) is 16.7 Å². The minimum atomic E-state index is 0.910. The van der Waals surface area contributed by atoms with Crippen LogP contribution in [-0.2, 0) is 0 Å². The van der Waals surface area contributed by atoms with Crippen LogP contribution in [0.25, 0.3) is 105 Å². The molecule has 0 unspecified atom stereocenters. The molecule has 13 rings (SSSR count). The summed E-state index contributed by atoms with van der Waals surface area (Å²) in [5, 5.41) is 4.79. The van der Waals surface area contributed by atoms with Gasteiger partial charge in [0.15, 0.2) is 0 Å². The highest BCUT2D eigenvalue weighted by Gasteiger charge is 2.18. The van der Waals surface area contributed by atoms with Gasteiger partial charge in [-0.05, 0) is 111 Å². The third-order valence-electron chi connectivity index (χ3n) is 13.6. The lowest BCUT2D eigenvalue weighted by atomic mass is 9.97. The maximum Gasteiger partial charge on any atom is 0.143 e. The number of hydrogen-bond donors (Lipinski definition) is 0. The Morgan fingerprint density at radius 2 is 0.739 bits per heavy atom. The highest BCUT2D eigenvalue weighted by molar-refractivity contribution is 6.11. The van der Waals surface area contributed by atoms with Gasteiger partial charge in [-0.1, -0.05) is 200 Å². The summed E-state index contributed by atoms with van der Waals surface area (Å²) in [4.78, 5) is 2.36. The van der Waals surface area contributed by atoms with E-state index in [-0.39, 0.29) is 0 Å². The first-order valence-corrected chi connectivity index (χ1v) is 23.6. The Balaban J connectivity index is 0.838. The van der Waals surface area contributed by atoms with E-state index < -0.39 is 0 Å². The number of rotatable bonds is 9. The van der Waals surface area contributed by atoms with Crippen LogP contribution in [-0.4, -0.2) is 4.57 Å². The van der Waals surface area contributed by atoms with Crippen LogP contribution in [0.15, 0.2) is 271 Å². The van der Waals surface area contributed by atoms with Gasteiger partial charge in [-0.2, -0.15) is 0 Å². The Morgan fingerprint density at radius 1 is 0.275 bits per heavy atom. The smallest absolute Gasteiger partial charge is 0.143 e. The molecule has 0 amide bonds. The van der Waals surface area contributed by atoms with E-state index in [0.29, 0.717) is 0 Å². The SMILES string of the molecule is c1ccc(-c2cccc(N(c3ccc(-c4ccc(-c5cccc6c5oc5ccccc56)cc4)cc3)c3ccc(-c4cccc(-c5ccccc5-n5c6ccccc6c6ccccc65)c4)cc3)c2)cc1. The van der Waals surface area contributed by atoms with Gasteiger partial charge >= 0.3 is 0 Å². The van der Waals surface area contributed by atoms with Gasteiger partial charge in [-0.15, -0.1) is 0 Å². The Bertz CT molecular complexity index is 3940. The van der Waals surface area contributed by atoms with Crippen molar-refractivity contribution in [3.8, 4) is 61.3 Å². The van der Waals surface area contributed by atoms with E-state index in [9.17, 15) is 0 Å². The molecule has 324 valence electrons. The van der Waals surface area contributed by atoms with E-state index in [1.807, 2.05) is 12.1 Å². The molecule has 0 spiro atoms. The Hall–Kier alpha value is -9.18. The normalized spacial score (nSPS) is 11.5. The Kier molecular flexibility index (Phi) is 9.84. The number of furan rings is 1. The molecule has 0 bridgehead atoms. The van der Waals surface area contributed by atoms with E-state index in [4.69, 9.17) is 4.42 Å². The molecule has 3 nitrogen and oxygen atoms in total. The minimum Gasteiger partial charge on any atom is -0.455 e. The van der Waals surface area contributed by atoms with Crippen LogP contribution in [0, 0.1) is 0 Å². The van der Waals surface area contributed by atoms with Gasteiger partial charge < -0.3 is 13.9 Å². The number of aromatic nitrogens is 1. The number of nitrogens with zero attached hydrogens (tertiary/aromatic N) is 2. The monoisotopic (exact) mass is 880 g/mol. The Morgan fingerprint density at radius 3 is 1.45 bits per heavy atom. The van der Waals surface area contributed by atoms with Crippen LogP contribution < -0.4 is 4.90 Å². The van der Waals surface area contributed by atoms with E-state index in [0.717, 1.165) is 72.5 Å². The first-order chi connectivity index (χ1) is 34.2. The van der Waals surface area contributed by atoms with Crippen LogP contribution in [0.5, 0.6) is 0 Å². The summed E-state index contributed by atoms with van der Waals surface area (Å²) in [5.41, 5.74) is 20.2. The molecule has 0 saturated carbocycles. The molecule has 11 aromatic carbocycles. The zero-order valence-electron chi connectivity index (χ0n) is 37.7. The third-order valence-corrected chi connectivity index (χ3v) is 13.6. The van der Waals surface area contributed by atoms with Gasteiger partial charge in [0, 0.05) is 49.7 Å². The van der Waals surface area contributed by atoms with Crippen molar-refractivity contribution in [2.75, 3.05) is 4.90 Å². The molecule has 0 saturated heterocycles. The summed E-state index contributed by atoms with van der Waals surface area (Å²) < 4.78 is 8.79. The van der Waals surface area contributed by atoms with Gasteiger partial charge in [0.2, 0.25) is 0 Å². The van der Waals surface area contributed by atoms with Crippen molar-refractivity contribution in [1.29, 1.82) is 0 Å². The van der Waals surface area contributed by atoms with Gasteiger partial charge in [0.1, 0.15) is 11.2 Å². The first-order valence-electron chi connectivity index (χ1n) is 23.6. The molecule has 0 aliphatic heterocycles. The molecule has 3 heteroatoms. The van der Waals surface area contributed by atoms with Crippen LogP contribution in [0.1, 0.15) is 0 Å². The summed E-state index contributed by atoms with van der Waals surface area (Å²) in [6.45, 7) is 0. The molecule has 0 aliphatic carbocycles. The second-order valence-corrected chi connectivity index (χ2v) is 17.7. The topological polar surface area (TPSA) is 21.3 Å². The lowest BCUT2D eigenvalue weighted by Crippen LogP contribution is -2.10. The number of fused-ring (bicyclic) bond motifs is 6. The maximum absolute atomic E-state index is 6.38. The molecular weight excluding hydrogens is 837 g/mol. The van der Waals surface area contributed by atoms with Crippen molar-refractivity contribution in [1.82, 2.24) is 4.57 Å². The second kappa shape index (κ2) is 16.9. The number of hydrogen-bond acceptors (Lipinski definition) is 2. The molecule has 0 fully saturated rings. The zero-order valence-corrected chi connectivity index (χ0v) is 37.7. The molecule has 2 heterocycles. The summed E-state index contributed by atoms with van der Waals surface area (Å²) in [5.74, 6) is 0. The standard InChI is InChI=1S/C66H44N2O/c1-2-15-45(16-3-1)51-18-13-20-55(44-51)67(53-39-35-47(36-40-53)46-31-33-49(34-32-46)57-25-14-26-61-60-24-7-11-30-65(60)69-66(57)61)54-41-37-48(38-42-54)50-17-12-19-52(43-50)56-21-4-8-27-62(56)68-63-28-9-5-22-58(63)59-23-6-10-29-64(59)68/h1-44H. The maximum atomic E-state index is 6.38. The number of para-hydroxylation sites is 5. The van der Waals surface area contributed by atoms with Crippen molar-refractivity contribution >= 4 is 60.8 Å². The molecule has 2 aromatic heterocycles. The number of anilines is 3. The van der Waals surface area contributed by atoms with Crippen molar-refractivity contribution in [3.05, 3.63) is 267 Å². The van der Waals surface area contributed by atoms with E-state index in [1.54, 1.807) is 0 Å².